The quantitative estimate of drug-likeness (QED) is 0.848. The number of aromatic amines is 1. The van der Waals surface area contributed by atoms with Gasteiger partial charge in [0.05, 0.1) is 11.4 Å². The van der Waals surface area contributed by atoms with Gasteiger partial charge in [0.1, 0.15) is 5.82 Å². The van der Waals surface area contributed by atoms with E-state index in [1.807, 2.05) is 19.2 Å². The lowest BCUT2D eigenvalue weighted by Gasteiger charge is -2.06. The first-order valence-corrected chi connectivity index (χ1v) is 5.32. The third-order valence-corrected chi connectivity index (χ3v) is 2.65. The molecule has 0 saturated heterocycles. The van der Waals surface area contributed by atoms with Crippen LogP contribution in [-0.4, -0.2) is 4.98 Å². The fourth-order valence-electron chi connectivity index (χ4n) is 1.32. The molecule has 0 aliphatic heterocycles. The first kappa shape index (κ1) is 10.2. The van der Waals surface area contributed by atoms with E-state index < -0.39 is 0 Å². The zero-order valence-corrected chi connectivity index (χ0v) is 9.73. The highest BCUT2D eigenvalue weighted by molar-refractivity contribution is 9.10. The topological polar surface area (TPSA) is 27.8 Å². The summed E-state index contributed by atoms with van der Waals surface area (Å²) in [7, 11) is 0. The predicted molar refractivity (Wildman–Crippen MR) is 62.9 cm³/mol. The van der Waals surface area contributed by atoms with Gasteiger partial charge in [0.25, 0.3) is 0 Å². The number of hydrogen-bond acceptors (Lipinski definition) is 1. The molecule has 2 nitrogen and oxygen atoms in total. The number of H-pyrrole nitrogens is 1. The van der Waals surface area contributed by atoms with Gasteiger partial charge in [-0.25, -0.2) is 4.39 Å². The van der Waals surface area contributed by atoms with Crippen LogP contribution in [0.1, 0.15) is 5.69 Å². The molecule has 0 saturated carbocycles. The fraction of sp³-hybridized carbons (Fsp3) is 0.0909. The molecular weight excluding hydrogens is 259 g/mol. The van der Waals surface area contributed by atoms with Crippen molar-refractivity contribution in [1.29, 1.82) is 0 Å². The van der Waals surface area contributed by atoms with Crippen LogP contribution in [0.25, 0.3) is 0 Å². The Kier molecular flexibility index (Phi) is 2.77. The molecule has 0 unspecified atom stereocenters. The summed E-state index contributed by atoms with van der Waals surface area (Å²) >= 11 is 3.21. The van der Waals surface area contributed by atoms with E-state index in [0.717, 1.165) is 15.9 Å². The Hall–Kier alpha value is -1.29. The molecule has 0 radical (unpaired) electrons. The summed E-state index contributed by atoms with van der Waals surface area (Å²) in [5.74, 6) is -0.273. The number of halogens is 2. The highest BCUT2D eigenvalue weighted by Crippen LogP contribution is 2.24. The van der Waals surface area contributed by atoms with Crippen LogP contribution in [0.3, 0.4) is 0 Å². The largest absolute Gasteiger partial charge is 0.363 e. The van der Waals surface area contributed by atoms with Gasteiger partial charge in [-0.15, -0.1) is 0 Å². The molecule has 0 fully saturated rings. The molecule has 1 aromatic carbocycles. The summed E-state index contributed by atoms with van der Waals surface area (Å²) in [6, 6.07) is 6.81. The van der Waals surface area contributed by atoms with Crippen LogP contribution in [0.5, 0.6) is 0 Å². The normalized spacial score (nSPS) is 10.3. The van der Waals surface area contributed by atoms with E-state index in [1.54, 1.807) is 12.1 Å². The first-order chi connectivity index (χ1) is 7.16. The molecule has 0 amide bonds. The minimum Gasteiger partial charge on any atom is -0.363 e. The van der Waals surface area contributed by atoms with Crippen molar-refractivity contribution in [3.63, 3.8) is 0 Å². The molecule has 78 valence electrons. The SMILES string of the molecule is Cc1[nH]ccc1Nc1ccc(Br)cc1F. The molecule has 0 spiro atoms. The van der Waals surface area contributed by atoms with E-state index >= 15 is 0 Å². The summed E-state index contributed by atoms with van der Waals surface area (Å²) < 4.78 is 14.2. The average molecular weight is 269 g/mol. The van der Waals surface area contributed by atoms with Crippen LogP contribution >= 0.6 is 15.9 Å². The zero-order chi connectivity index (χ0) is 10.8. The molecule has 1 heterocycles. The number of aryl methyl sites for hydroxylation is 1. The lowest BCUT2D eigenvalue weighted by Crippen LogP contribution is -1.93. The number of aromatic nitrogens is 1. The molecule has 0 aliphatic carbocycles. The molecule has 0 bridgehead atoms. The zero-order valence-electron chi connectivity index (χ0n) is 8.14. The third kappa shape index (κ3) is 2.21. The van der Waals surface area contributed by atoms with E-state index in [1.165, 1.54) is 6.07 Å². The summed E-state index contributed by atoms with van der Waals surface area (Å²) in [5.41, 5.74) is 2.34. The second-order valence-corrected chi connectivity index (χ2v) is 4.18. The van der Waals surface area contributed by atoms with E-state index in [-0.39, 0.29) is 5.82 Å². The Bertz CT molecular complexity index is 479. The number of nitrogens with one attached hydrogen (secondary N) is 2. The van der Waals surface area contributed by atoms with Crippen molar-refractivity contribution >= 4 is 27.3 Å². The number of rotatable bonds is 2. The Morgan fingerprint density at radius 3 is 2.67 bits per heavy atom. The van der Waals surface area contributed by atoms with Crippen LogP contribution in [0.4, 0.5) is 15.8 Å². The van der Waals surface area contributed by atoms with Gasteiger partial charge in [-0.1, -0.05) is 15.9 Å². The van der Waals surface area contributed by atoms with E-state index in [9.17, 15) is 4.39 Å². The molecule has 15 heavy (non-hydrogen) atoms. The predicted octanol–water partition coefficient (Wildman–Crippen LogP) is 3.97. The van der Waals surface area contributed by atoms with Gasteiger partial charge in [0.2, 0.25) is 0 Å². The van der Waals surface area contributed by atoms with Crippen molar-refractivity contribution in [1.82, 2.24) is 4.98 Å². The maximum atomic E-state index is 13.5. The monoisotopic (exact) mass is 268 g/mol. The summed E-state index contributed by atoms with van der Waals surface area (Å²) in [6.07, 6.45) is 1.81. The molecular formula is C11H10BrFN2. The van der Waals surface area contributed by atoms with Crippen LogP contribution in [0, 0.1) is 12.7 Å². The maximum absolute atomic E-state index is 13.5. The van der Waals surface area contributed by atoms with E-state index in [0.29, 0.717) is 5.69 Å². The second kappa shape index (κ2) is 4.06. The van der Waals surface area contributed by atoms with Gasteiger partial charge in [-0.3, -0.25) is 0 Å². The Morgan fingerprint density at radius 2 is 2.07 bits per heavy atom. The summed E-state index contributed by atoms with van der Waals surface area (Å²) in [5, 5.41) is 3.02. The van der Waals surface area contributed by atoms with E-state index in [4.69, 9.17) is 0 Å². The number of anilines is 2. The molecule has 0 atom stereocenters. The van der Waals surface area contributed by atoms with Gasteiger partial charge in [0, 0.05) is 16.4 Å². The Morgan fingerprint density at radius 1 is 1.27 bits per heavy atom. The van der Waals surface area contributed by atoms with Gasteiger partial charge in [-0.2, -0.15) is 0 Å². The van der Waals surface area contributed by atoms with Crippen molar-refractivity contribution in [2.24, 2.45) is 0 Å². The minimum atomic E-state index is -0.273. The van der Waals surface area contributed by atoms with Crippen LogP contribution in [0.2, 0.25) is 0 Å². The van der Waals surface area contributed by atoms with Crippen LogP contribution in [0.15, 0.2) is 34.9 Å². The summed E-state index contributed by atoms with van der Waals surface area (Å²) in [6.45, 7) is 1.93. The standard InChI is InChI=1S/C11H10BrFN2/c1-7-10(4-5-14-7)15-11-3-2-8(12)6-9(11)13/h2-6,14-15H,1H3. The first-order valence-electron chi connectivity index (χ1n) is 4.53. The number of benzene rings is 1. The minimum absolute atomic E-state index is 0.273. The average Bonchev–Trinajstić information content (AvgIpc) is 2.57. The Labute approximate surface area is 95.6 Å². The number of hydrogen-bond donors (Lipinski definition) is 2. The van der Waals surface area contributed by atoms with Crippen molar-refractivity contribution < 1.29 is 4.39 Å². The highest BCUT2D eigenvalue weighted by Gasteiger charge is 2.04. The van der Waals surface area contributed by atoms with Gasteiger partial charge in [-0.05, 0) is 31.2 Å². The Balaban J connectivity index is 2.29. The smallest absolute Gasteiger partial charge is 0.147 e. The maximum Gasteiger partial charge on any atom is 0.147 e. The molecule has 2 rings (SSSR count). The molecule has 2 aromatic rings. The van der Waals surface area contributed by atoms with Crippen LogP contribution < -0.4 is 5.32 Å². The second-order valence-electron chi connectivity index (χ2n) is 3.27. The fourth-order valence-corrected chi connectivity index (χ4v) is 1.66. The van der Waals surface area contributed by atoms with Crippen molar-refractivity contribution in [2.75, 3.05) is 5.32 Å². The summed E-state index contributed by atoms with van der Waals surface area (Å²) in [4.78, 5) is 3.03. The third-order valence-electron chi connectivity index (χ3n) is 2.15. The highest BCUT2D eigenvalue weighted by atomic mass is 79.9. The van der Waals surface area contributed by atoms with Crippen molar-refractivity contribution in [3.8, 4) is 0 Å². The molecule has 1 aromatic heterocycles. The lowest BCUT2D eigenvalue weighted by molar-refractivity contribution is 0.631. The van der Waals surface area contributed by atoms with Gasteiger partial charge >= 0.3 is 0 Å². The van der Waals surface area contributed by atoms with Gasteiger partial charge in [0.15, 0.2) is 0 Å². The lowest BCUT2D eigenvalue weighted by atomic mass is 10.3. The molecule has 2 N–H and O–H groups in total. The van der Waals surface area contributed by atoms with Crippen LogP contribution in [-0.2, 0) is 0 Å². The van der Waals surface area contributed by atoms with Crippen molar-refractivity contribution in [3.05, 3.63) is 46.4 Å². The molecule has 0 aliphatic rings. The van der Waals surface area contributed by atoms with Gasteiger partial charge < -0.3 is 10.3 Å². The molecule has 4 heteroatoms. The van der Waals surface area contributed by atoms with E-state index in [2.05, 4.69) is 26.2 Å². The van der Waals surface area contributed by atoms with Crippen molar-refractivity contribution in [2.45, 2.75) is 6.92 Å².